The second-order valence-electron chi connectivity index (χ2n) is 4.33. The number of aromatic nitrogens is 2. The lowest BCUT2D eigenvalue weighted by Gasteiger charge is -2.08. The number of rotatable bonds is 3. The summed E-state index contributed by atoms with van der Waals surface area (Å²) in [6.45, 7) is 0. The molecule has 0 unspecified atom stereocenters. The average molecular weight is 344 g/mol. The number of carbonyl (C=O) groups excluding carboxylic acids is 1. The molecule has 0 radical (unpaired) electrons. The van der Waals surface area contributed by atoms with Crippen molar-refractivity contribution >= 4 is 32.6 Å². The van der Waals surface area contributed by atoms with Gasteiger partial charge in [-0.15, -0.1) is 0 Å². The first-order valence-electron chi connectivity index (χ1n) is 6.11. The summed E-state index contributed by atoms with van der Waals surface area (Å²) in [6, 6.07) is 11.5. The van der Waals surface area contributed by atoms with E-state index in [0.29, 0.717) is 5.75 Å². The predicted octanol–water partition coefficient (Wildman–Crippen LogP) is 3.28. The maximum atomic E-state index is 11.3. The summed E-state index contributed by atoms with van der Waals surface area (Å²) in [5.41, 5.74) is 5.26. The maximum Gasteiger partial charge on any atom is 0.272 e. The van der Waals surface area contributed by atoms with Crippen LogP contribution in [-0.2, 0) is 0 Å². The maximum absolute atomic E-state index is 11.3. The van der Waals surface area contributed by atoms with E-state index in [9.17, 15) is 4.79 Å². The highest BCUT2D eigenvalue weighted by molar-refractivity contribution is 9.10. The Morgan fingerprint density at radius 2 is 1.76 bits per heavy atom. The standard InChI is InChI=1S/C15H10BrN3O2/c16-11-3-1-10-8-12(4-2-9(10)7-11)21-15-13(14(17)20)18-5-6-19-15/h1-8H,(H2,17,20). The molecule has 0 aliphatic carbocycles. The van der Waals surface area contributed by atoms with Gasteiger partial charge in [-0.25, -0.2) is 9.97 Å². The van der Waals surface area contributed by atoms with Crippen molar-refractivity contribution in [3.8, 4) is 11.6 Å². The van der Waals surface area contributed by atoms with E-state index in [1.165, 1.54) is 12.4 Å². The van der Waals surface area contributed by atoms with Gasteiger partial charge in [0, 0.05) is 16.9 Å². The predicted molar refractivity (Wildman–Crippen MR) is 82.3 cm³/mol. The molecule has 0 bridgehead atoms. The lowest BCUT2D eigenvalue weighted by Crippen LogP contribution is -2.14. The third-order valence-corrected chi connectivity index (χ3v) is 3.38. The summed E-state index contributed by atoms with van der Waals surface area (Å²) in [5, 5.41) is 2.09. The number of amides is 1. The van der Waals surface area contributed by atoms with Crippen LogP contribution in [0.5, 0.6) is 11.6 Å². The topological polar surface area (TPSA) is 78.1 Å². The van der Waals surface area contributed by atoms with Crippen molar-refractivity contribution < 1.29 is 9.53 Å². The monoisotopic (exact) mass is 343 g/mol. The third-order valence-electron chi connectivity index (χ3n) is 2.89. The van der Waals surface area contributed by atoms with E-state index in [1.54, 1.807) is 6.07 Å². The van der Waals surface area contributed by atoms with Gasteiger partial charge >= 0.3 is 0 Å². The molecule has 5 nitrogen and oxygen atoms in total. The molecule has 0 fully saturated rings. The Morgan fingerprint density at radius 1 is 1.05 bits per heavy atom. The first kappa shape index (κ1) is 13.5. The summed E-state index contributed by atoms with van der Waals surface area (Å²) >= 11 is 3.43. The molecular formula is C15H10BrN3O2. The fourth-order valence-electron chi connectivity index (χ4n) is 1.94. The minimum Gasteiger partial charge on any atom is -0.437 e. The molecule has 0 aliphatic heterocycles. The number of nitrogens with two attached hydrogens (primary N) is 1. The smallest absolute Gasteiger partial charge is 0.272 e. The highest BCUT2D eigenvalue weighted by atomic mass is 79.9. The third kappa shape index (κ3) is 2.85. The number of nitrogens with zero attached hydrogens (tertiary/aromatic N) is 2. The molecule has 3 aromatic rings. The zero-order valence-corrected chi connectivity index (χ0v) is 12.4. The Kier molecular flexibility index (Phi) is 3.53. The number of hydrogen-bond acceptors (Lipinski definition) is 4. The largest absolute Gasteiger partial charge is 0.437 e. The molecule has 1 aromatic heterocycles. The van der Waals surface area contributed by atoms with Crippen molar-refractivity contribution in [3.63, 3.8) is 0 Å². The lowest BCUT2D eigenvalue weighted by molar-refractivity contribution is 0.0992. The molecule has 104 valence electrons. The molecule has 6 heteroatoms. The number of benzene rings is 2. The Balaban J connectivity index is 1.99. The molecule has 21 heavy (non-hydrogen) atoms. The van der Waals surface area contributed by atoms with Crippen LogP contribution in [0.25, 0.3) is 10.8 Å². The quantitative estimate of drug-likeness (QED) is 0.791. The normalized spacial score (nSPS) is 10.5. The first-order chi connectivity index (χ1) is 10.1. The molecule has 0 spiro atoms. The van der Waals surface area contributed by atoms with Gasteiger partial charge in [0.25, 0.3) is 11.8 Å². The van der Waals surface area contributed by atoms with Crippen LogP contribution in [0.3, 0.4) is 0 Å². The van der Waals surface area contributed by atoms with Gasteiger partial charge in [-0.3, -0.25) is 4.79 Å². The van der Waals surface area contributed by atoms with E-state index in [-0.39, 0.29) is 11.6 Å². The zero-order valence-electron chi connectivity index (χ0n) is 10.8. The Morgan fingerprint density at radius 3 is 2.57 bits per heavy atom. The van der Waals surface area contributed by atoms with E-state index in [4.69, 9.17) is 10.5 Å². The SMILES string of the molecule is NC(=O)c1nccnc1Oc1ccc2cc(Br)ccc2c1. The molecular weight excluding hydrogens is 334 g/mol. The van der Waals surface area contributed by atoms with Gasteiger partial charge in [-0.2, -0.15) is 0 Å². The van der Waals surface area contributed by atoms with Gasteiger partial charge in [-0.1, -0.05) is 28.1 Å². The van der Waals surface area contributed by atoms with Gasteiger partial charge in [0.1, 0.15) is 5.75 Å². The number of ether oxygens (including phenoxy) is 1. The van der Waals surface area contributed by atoms with E-state index in [2.05, 4.69) is 25.9 Å². The Bertz CT molecular complexity index is 836. The van der Waals surface area contributed by atoms with Gasteiger partial charge in [0.2, 0.25) is 0 Å². The molecule has 2 aromatic carbocycles. The van der Waals surface area contributed by atoms with Crippen molar-refractivity contribution in [2.75, 3.05) is 0 Å². The molecule has 0 aliphatic rings. The fourth-order valence-corrected chi connectivity index (χ4v) is 2.32. The highest BCUT2D eigenvalue weighted by Crippen LogP contribution is 2.27. The highest BCUT2D eigenvalue weighted by Gasteiger charge is 2.13. The molecule has 1 heterocycles. The van der Waals surface area contributed by atoms with Crippen molar-refractivity contribution in [2.24, 2.45) is 5.73 Å². The molecule has 0 atom stereocenters. The number of halogens is 1. The van der Waals surface area contributed by atoms with Crippen molar-refractivity contribution in [2.45, 2.75) is 0 Å². The van der Waals surface area contributed by atoms with E-state index in [1.807, 2.05) is 30.3 Å². The van der Waals surface area contributed by atoms with Crippen LogP contribution in [0.4, 0.5) is 0 Å². The van der Waals surface area contributed by atoms with Gasteiger partial charge < -0.3 is 10.5 Å². The molecule has 0 saturated carbocycles. The lowest BCUT2D eigenvalue weighted by atomic mass is 10.1. The van der Waals surface area contributed by atoms with Crippen LogP contribution in [0.1, 0.15) is 10.5 Å². The molecule has 2 N–H and O–H groups in total. The first-order valence-corrected chi connectivity index (χ1v) is 6.91. The van der Waals surface area contributed by atoms with Crippen LogP contribution in [0.15, 0.2) is 53.3 Å². The summed E-state index contributed by atoms with van der Waals surface area (Å²) in [5.74, 6) is -0.0166. The average Bonchev–Trinajstić information content (AvgIpc) is 2.48. The zero-order chi connectivity index (χ0) is 14.8. The molecule has 0 saturated heterocycles. The van der Waals surface area contributed by atoms with Crippen LogP contribution in [0.2, 0.25) is 0 Å². The van der Waals surface area contributed by atoms with Crippen LogP contribution >= 0.6 is 15.9 Å². The van der Waals surface area contributed by atoms with E-state index < -0.39 is 5.91 Å². The van der Waals surface area contributed by atoms with Gasteiger partial charge in [0.05, 0.1) is 0 Å². The molecule has 3 rings (SSSR count). The molecule has 1 amide bonds. The number of primary amides is 1. The Hall–Kier alpha value is -2.47. The summed E-state index contributed by atoms with van der Waals surface area (Å²) in [7, 11) is 0. The van der Waals surface area contributed by atoms with Crippen LogP contribution < -0.4 is 10.5 Å². The van der Waals surface area contributed by atoms with E-state index in [0.717, 1.165) is 15.2 Å². The second kappa shape index (κ2) is 5.49. The summed E-state index contributed by atoms with van der Waals surface area (Å²) in [4.78, 5) is 19.2. The number of fused-ring (bicyclic) bond motifs is 1. The number of hydrogen-bond donors (Lipinski definition) is 1. The minimum atomic E-state index is -0.678. The Labute approximate surface area is 128 Å². The van der Waals surface area contributed by atoms with Gasteiger partial charge in [-0.05, 0) is 35.0 Å². The van der Waals surface area contributed by atoms with Crippen molar-refractivity contribution in [1.82, 2.24) is 9.97 Å². The van der Waals surface area contributed by atoms with Crippen molar-refractivity contribution in [3.05, 3.63) is 59.0 Å². The number of carbonyl (C=O) groups is 1. The second-order valence-corrected chi connectivity index (χ2v) is 5.25. The fraction of sp³-hybridized carbons (Fsp3) is 0. The van der Waals surface area contributed by atoms with E-state index >= 15 is 0 Å². The van der Waals surface area contributed by atoms with Gasteiger partial charge in [0.15, 0.2) is 5.69 Å². The minimum absolute atomic E-state index is 0.00778. The van der Waals surface area contributed by atoms with Crippen LogP contribution in [0, 0.1) is 0 Å². The summed E-state index contributed by atoms with van der Waals surface area (Å²) in [6.07, 6.45) is 2.84. The van der Waals surface area contributed by atoms with Crippen LogP contribution in [-0.4, -0.2) is 15.9 Å². The summed E-state index contributed by atoms with van der Waals surface area (Å²) < 4.78 is 6.63. The van der Waals surface area contributed by atoms with Crippen molar-refractivity contribution in [1.29, 1.82) is 0 Å².